The maximum absolute atomic E-state index is 12.3. The highest BCUT2D eigenvalue weighted by Crippen LogP contribution is 2.18. The summed E-state index contributed by atoms with van der Waals surface area (Å²) in [5.74, 6) is -0.205. The van der Waals surface area contributed by atoms with Gasteiger partial charge in [-0.15, -0.1) is 0 Å². The largest absolute Gasteiger partial charge is 0.469 e. The summed E-state index contributed by atoms with van der Waals surface area (Å²) in [6.07, 6.45) is 3.64. The van der Waals surface area contributed by atoms with Gasteiger partial charge in [-0.05, 0) is 30.3 Å². The van der Waals surface area contributed by atoms with Crippen molar-refractivity contribution in [2.75, 3.05) is 6.61 Å². The first-order valence-corrected chi connectivity index (χ1v) is 7.21. The Morgan fingerprint density at radius 3 is 2.96 bits per heavy atom. The van der Waals surface area contributed by atoms with E-state index in [4.69, 9.17) is 9.15 Å². The van der Waals surface area contributed by atoms with Crippen LogP contribution in [0.4, 0.5) is 0 Å². The minimum absolute atomic E-state index is 0.0205. The van der Waals surface area contributed by atoms with Crippen molar-refractivity contribution in [3.63, 3.8) is 0 Å². The van der Waals surface area contributed by atoms with E-state index >= 15 is 0 Å². The van der Waals surface area contributed by atoms with Crippen molar-refractivity contribution in [2.45, 2.75) is 6.42 Å². The van der Waals surface area contributed by atoms with E-state index in [9.17, 15) is 10.1 Å². The summed E-state index contributed by atoms with van der Waals surface area (Å²) in [6.45, 7) is 0.0205. The number of pyridine rings is 1. The quantitative estimate of drug-likeness (QED) is 0.675. The molecule has 1 aromatic carbocycles. The Bertz CT molecular complexity index is 845. The number of carbonyl (C=O) groups is 1. The predicted octanol–water partition coefficient (Wildman–Crippen LogP) is 3.37. The Morgan fingerprint density at radius 2 is 2.17 bits per heavy atom. The molecular formula is C18H14N2O3. The summed E-state index contributed by atoms with van der Waals surface area (Å²) < 4.78 is 10.5. The van der Waals surface area contributed by atoms with Gasteiger partial charge in [0.2, 0.25) is 0 Å². The molecule has 23 heavy (non-hydrogen) atoms. The Hall–Kier alpha value is -3.13. The molecule has 0 unspecified atom stereocenters. The number of hydrogen-bond acceptors (Lipinski definition) is 5. The number of fused-ring (bicyclic) bond motifs is 1. The summed E-state index contributed by atoms with van der Waals surface area (Å²) in [5.41, 5.74) is 1.18. The maximum atomic E-state index is 12.3. The molecule has 5 heteroatoms. The van der Waals surface area contributed by atoms with Crippen LogP contribution in [0.5, 0.6) is 0 Å². The van der Waals surface area contributed by atoms with Crippen LogP contribution in [-0.4, -0.2) is 17.6 Å². The lowest BCUT2D eigenvalue weighted by Crippen LogP contribution is -2.15. The molecule has 0 aliphatic carbocycles. The lowest BCUT2D eigenvalue weighted by molar-refractivity contribution is 0.0468. The molecule has 0 N–H and O–H groups in total. The van der Waals surface area contributed by atoms with Crippen molar-refractivity contribution >= 4 is 16.9 Å². The van der Waals surface area contributed by atoms with Gasteiger partial charge in [0.15, 0.2) is 0 Å². The topological polar surface area (TPSA) is 76.1 Å². The Labute approximate surface area is 133 Å². The van der Waals surface area contributed by atoms with E-state index in [2.05, 4.69) is 11.1 Å². The fourth-order valence-corrected chi connectivity index (χ4v) is 2.35. The number of nitriles is 1. The Balaban J connectivity index is 1.70. The molecule has 0 saturated carbocycles. The van der Waals surface area contributed by atoms with E-state index in [-0.39, 0.29) is 6.61 Å². The van der Waals surface area contributed by atoms with Gasteiger partial charge < -0.3 is 9.15 Å². The number of nitrogens with zero attached hydrogens (tertiary/aromatic N) is 2. The Morgan fingerprint density at radius 1 is 1.26 bits per heavy atom. The molecule has 0 aliphatic heterocycles. The third-order valence-corrected chi connectivity index (χ3v) is 3.49. The zero-order valence-electron chi connectivity index (χ0n) is 12.3. The number of rotatable bonds is 5. The normalized spacial score (nSPS) is 11.8. The SMILES string of the molecule is N#C[C@H](COC(=O)c1cccc2ncccc12)Cc1ccco1. The predicted molar refractivity (Wildman–Crippen MR) is 83.5 cm³/mol. The number of carbonyl (C=O) groups excluding carboxylic acids is 1. The van der Waals surface area contributed by atoms with E-state index in [0.717, 1.165) is 10.9 Å². The standard InChI is InChI=1S/C18H14N2O3/c19-11-13(10-14-4-3-9-22-14)12-23-18(21)16-5-1-7-17-15(16)6-2-8-20-17/h1-9,13H,10,12H2/t13-/m1/s1. The molecule has 2 heterocycles. The van der Waals surface area contributed by atoms with Crippen LogP contribution in [0.25, 0.3) is 10.9 Å². The van der Waals surface area contributed by atoms with Gasteiger partial charge in [-0.2, -0.15) is 5.26 Å². The number of esters is 1. The van der Waals surface area contributed by atoms with Crippen molar-refractivity contribution in [3.05, 3.63) is 66.2 Å². The van der Waals surface area contributed by atoms with Gasteiger partial charge in [-0.1, -0.05) is 12.1 Å². The zero-order chi connectivity index (χ0) is 16.1. The lowest BCUT2D eigenvalue weighted by atomic mass is 10.1. The van der Waals surface area contributed by atoms with Gasteiger partial charge in [-0.25, -0.2) is 4.79 Å². The number of furan rings is 1. The van der Waals surface area contributed by atoms with Crippen LogP contribution < -0.4 is 0 Å². The van der Waals surface area contributed by atoms with Crippen molar-refractivity contribution in [1.82, 2.24) is 4.98 Å². The average molecular weight is 306 g/mol. The minimum Gasteiger partial charge on any atom is -0.469 e. The molecule has 5 nitrogen and oxygen atoms in total. The van der Waals surface area contributed by atoms with Gasteiger partial charge in [-0.3, -0.25) is 4.98 Å². The first-order valence-electron chi connectivity index (χ1n) is 7.21. The highest BCUT2D eigenvalue weighted by molar-refractivity contribution is 6.03. The minimum atomic E-state index is -0.455. The molecule has 0 aliphatic rings. The molecule has 0 spiro atoms. The van der Waals surface area contributed by atoms with Gasteiger partial charge in [0.05, 0.1) is 29.3 Å². The highest BCUT2D eigenvalue weighted by Gasteiger charge is 2.16. The Kier molecular flexibility index (Phi) is 4.34. The van der Waals surface area contributed by atoms with Gasteiger partial charge in [0, 0.05) is 18.0 Å². The van der Waals surface area contributed by atoms with Crippen molar-refractivity contribution in [3.8, 4) is 6.07 Å². The lowest BCUT2D eigenvalue weighted by Gasteiger charge is -2.10. The third-order valence-electron chi connectivity index (χ3n) is 3.49. The number of benzene rings is 1. The van der Waals surface area contributed by atoms with Crippen LogP contribution in [0.1, 0.15) is 16.1 Å². The first kappa shape index (κ1) is 14.8. The van der Waals surface area contributed by atoms with Crippen LogP contribution in [0.3, 0.4) is 0 Å². The summed E-state index contributed by atoms with van der Waals surface area (Å²) in [4.78, 5) is 16.5. The molecule has 0 bridgehead atoms. The molecule has 0 fully saturated rings. The molecule has 1 atom stereocenters. The van der Waals surface area contributed by atoms with Crippen LogP contribution in [0.2, 0.25) is 0 Å². The van der Waals surface area contributed by atoms with Gasteiger partial charge >= 0.3 is 5.97 Å². The summed E-state index contributed by atoms with van der Waals surface area (Å²) in [5, 5.41) is 9.92. The van der Waals surface area contributed by atoms with E-state index in [1.165, 1.54) is 0 Å². The molecule has 3 rings (SSSR count). The second-order valence-corrected chi connectivity index (χ2v) is 5.08. The van der Waals surface area contributed by atoms with E-state index in [1.54, 1.807) is 42.8 Å². The van der Waals surface area contributed by atoms with Crippen LogP contribution in [0, 0.1) is 17.2 Å². The first-order chi connectivity index (χ1) is 11.3. The summed E-state index contributed by atoms with van der Waals surface area (Å²) >= 11 is 0. The van der Waals surface area contributed by atoms with Gasteiger partial charge in [0.1, 0.15) is 12.4 Å². The van der Waals surface area contributed by atoms with Crippen LogP contribution in [-0.2, 0) is 11.2 Å². The number of ether oxygens (including phenoxy) is 1. The number of hydrogen-bond donors (Lipinski definition) is 0. The van der Waals surface area contributed by atoms with Crippen molar-refractivity contribution in [1.29, 1.82) is 5.26 Å². The average Bonchev–Trinajstić information content (AvgIpc) is 3.10. The van der Waals surface area contributed by atoms with Crippen molar-refractivity contribution < 1.29 is 13.9 Å². The van der Waals surface area contributed by atoms with E-state index in [0.29, 0.717) is 17.7 Å². The molecular weight excluding hydrogens is 292 g/mol. The molecule has 0 amide bonds. The van der Waals surface area contributed by atoms with E-state index < -0.39 is 11.9 Å². The number of aromatic nitrogens is 1. The van der Waals surface area contributed by atoms with Crippen LogP contribution in [0.15, 0.2) is 59.3 Å². The molecule has 3 aromatic rings. The van der Waals surface area contributed by atoms with E-state index in [1.807, 2.05) is 12.1 Å². The molecule has 0 radical (unpaired) electrons. The monoisotopic (exact) mass is 306 g/mol. The van der Waals surface area contributed by atoms with Gasteiger partial charge in [0.25, 0.3) is 0 Å². The molecule has 2 aromatic heterocycles. The highest BCUT2D eigenvalue weighted by atomic mass is 16.5. The maximum Gasteiger partial charge on any atom is 0.338 e. The summed E-state index contributed by atoms with van der Waals surface area (Å²) in [6, 6.07) is 14.6. The second kappa shape index (κ2) is 6.75. The zero-order valence-corrected chi connectivity index (χ0v) is 12.3. The smallest absolute Gasteiger partial charge is 0.338 e. The molecule has 0 saturated heterocycles. The third kappa shape index (κ3) is 3.38. The fourth-order valence-electron chi connectivity index (χ4n) is 2.35. The fraction of sp³-hybridized carbons (Fsp3) is 0.167. The molecule has 114 valence electrons. The van der Waals surface area contributed by atoms with Crippen molar-refractivity contribution in [2.24, 2.45) is 5.92 Å². The second-order valence-electron chi connectivity index (χ2n) is 5.08. The summed E-state index contributed by atoms with van der Waals surface area (Å²) in [7, 11) is 0. The van der Waals surface area contributed by atoms with Crippen LogP contribution >= 0.6 is 0 Å².